The van der Waals surface area contributed by atoms with Crippen molar-refractivity contribution in [3.8, 4) is 0 Å². The maximum absolute atomic E-state index is 3.63. The van der Waals surface area contributed by atoms with Crippen molar-refractivity contribution in [3.05, 3.63) is 0 Å². The minimum atomic E-state index is 0.570. The molecule has 16 heavy (non-hydrogen) atoms. The summed E-state index contributed by atoms with van der Waals surface area (Å²) in [7, 11) is 0. The van der Waals surface area contributed by atoms with E-state index in [4.69, 9.17) is 0 Å². The maximum Gasteiger partial charge on any atom is 0.0334 e. The van der Waals surface area contributed by atoms with Gasteiger partial charge in [-0.15, -0.1) is 0 Å². The molecule has 0 radical (unpaired) electrons. The molecule has 0 atom stereocenters. The lowest BCUT2D eigenvalue weighted by Crippen LogP contribution is -2.60. The van der Waals surface area contributed by atoms with Crippen molar-refractivity contribution in [2.75, 3.05) is 26.2 Å². The van der Waals surface area contributed by atoms with E-state index in [1.165, 1.54) is 77.5 Å². The Hall–Kier alpha value is -0.0800. The highest BCUT2D eigenvalue weighted by molar-refractivity contribution is 5.00. The van der Waals surface area contributed by atoms with E-state index in [0.717, 1.165) is 5.92 Å². The van der Waals surface area contributed by atoms with Crippen LogP contribution in [0, 0.1) is 5.92 Å². The minimum Gasteiger partial charge on any atom is -0.314 e. The number of piperazine rings is 1. The van der Waals surface area contributed by atoms with Gasteiger partial charge >= 0.3 is 0 Å². The Kier molecular flexibility index (Phi) is 3.21. The van der Waals surface area contributed by atoms with E-state index < -0.39 is 0 Å². The number of hydrogen-bond acceptors (Lipinski definition) is 2. The smallest absolute Gasteiger partial charge is 0.0334 e. The highest BCUT2D eigenvalue weighted by atomic mass is 15.3. The Labute approximate surface area is 99.8 Å². The minimum absolute atomic E-state index is 0.570. The molecule has 3 rings (SSSR count). The molecule has 0 unspecified atom stereocenters. The predicted molar refractivity (Wildman–Crippen MR) is 67.6 cm³/mol. The van der Waals surface area contributed by atoms with Crippen molar-refractivity contribution in [1.29, 1.82) is 0 Å². The van der Waals surface area contributed by atoms with Crippen LogP contribution in [0.4, 0.5) is 0 Å². The second kappa shape index (κ2) is 4.66. The van der Waals surface area contributed by atoms with Crippen LogP contribution in [0.1, 0.15) is 51.4 Å². The lowest BCUT2D eigenvalue weighted by molar-refractivity contribution is 0.0500. The number of hydrogen-bond donors (Lipinski definition) is 1. The van der Waals surface area contributed by atoms with Gasteiger partial charge in [-0.05, 0) is 31.6 Å². The first-order chi connectivity index (χ1) is 7.89. The Morgan fingerprint density at radius 2 is 1.81 bits per heavy atom. The molecule has 2 saturated carbocycles. The average Bonchev–Trinajstić information content (AvgIpc) is 2.94. The fourth-order valence-corrected chi connectivity index (χ4v) is 4.20. The Bertz CT molecular complexity index is 227. The van der Waals surface area contributed by atoms with Crippen molar-refractivity contribution in [2.45, 2.75) is 56.9 Å². The third-order valence-electron chi connectivity index (χ3n) is 5.17. The van der Waals surface area contributed by atoms with E-state index in [9.17, 15) is 0 Å². The van der Waals surface area contributed by atoms with Crippen molar-refractivity contribution in [3.63, 3.8) is 0 Å². The van der Waals surface area contributed by atoms with Crippen LogP contribution in [0.5, 0.6) is 0 Å². The molecule has 0 aromatic carbocycles. The van der Waals surface area contributed by atoms with Crippen LogP contribution >= 0.6 is 0 Å². The molecule has 1 N–H and O–H groups in total. The Morgan fingerprint density at radius 3 is 2.56 bits per heavy atom. The highest BCUT2D eigenvalue weighted by Gasteiger charge is 2.41. The van der Waals surface area contributed by atoms with Gasteiger partial charge in [0.2, 0.25) is 0 Å². The van der Waals surface area contributed by atoms with Crippen LogP contribution in [0.25, 0.3) is 0 Å². The zero-order valence-electron chi connectivity index (χ0n) is 10.5. The molecular formula is C14H26N2. The molecule has 2 aliphatic carbocycles. The van der Waals surface area contributed by atoms with Gasteiger partial charge in [-0.3, -0.25) is 4.90 Å². The summed E-state index contributed by atoms with van der Waals surface area (Å²) in [5.41, 5.74) is 0.570. The summed E-state index contributed by atoms with van der Waals surface area (Å²) in [6.45, 7) is 5.19. The van der Waals surface area contributed by atoms with Crippen LogP contribution in [0.2, 0.25) is 0 Å². The fraction of sp³-hybridized carbons (Fsp3) is 1.00. The van der Waals surface area contributed by atoms with E-state index >= 15 is 0 Å². The number of nitrogens with one attached hydrogen (secondary N) is 1. The summed E-state index contributed by atoms with van der Waals surface area (Å²) >= 11 is 0. The molecule has 0 amide bonds. The van der Waals surface area contributed by atoms with Crippen molar-refractivity contribution >= 4 is 0 Å². The summed E-state index contributed by atoms with van der Waals surface area (Å²) in [5, 5.41) is 3.63. The third-order valence-corrected chi connectivity index (χ3v) is 5.17. The lowest BCUT2D eigenvalue weighted by atomic mass is 9.91. The van der Waals surface area contributed by atoms with E-state index in [-0.39, 0.29) is 0 Å². The van der Waals surface area contributed by atoms with Crippen LogP contribution < -0.4 is 5.32 Å². The first-order valence-corrected chi connectivity index (χ1v) is 7.35. The van der Waals surface area contributed by atoms with Crippen LogP contribution in [-0.2, 0) is 0 Å². The molecule has 1 heterocycles. The quantitative estimate of drug-likeness (QED) is 0.772. The monoisotopic (exact) mass is 222 g/mol. The normalized spacial score (nSPS) is 31.5. The van der Waals surface area contributed by atoms with E-state index in [1.54, 1.807) is 0 Å². The summed E-state index contributed by atoms with van der Waals surface area (Å²) in [4.78, 5) is 2.87. The lowest BCUT2D eigenvalue weighted by Gasteiger charge is -2.46. The number of nitrogens with zero attached hydrogens (tertiary/aromatic N) is 1. The molecule has 0 aromatic heterocycles. The van der Waals surface area contributed by atoms with E-state index in [0.29, 0.717) is 5.54 Å². The molecule has 0 bridgehead atoms. The molecule has 3 fully saturated rings. The van der Waals surface area contributed by atoms with Crippen molar-refractivity contribution < 1.29 is 0 Å². The van der Waals surface area contributed by atoms with Crippen LogP contribution in [0.3, 0.4) is 0 Å². The molecule has 1 aliphatic heterocycles. The van der Waals surface area contributed by atoms with E-state index in [1.807, 2.05) is 0 Å². The van der Waals surface area contributed by atoms with Crippen molar-refractivity contribution in [2.24, 2.45) is 5.92 Å². The maximum atomic E-state index is 3.63. The van der Waals surface area contributed by atoms with Crippen molar-refractivity contribution in [1.82, 2.24) is 10.2 Å². The molecule has 2 heteroatoms. The Balaban J connectivity index is 1.65. The summed E-state index contributed by atoms with van der Waals surface area (Å²) in [5.74, 6) is 1.02. The zero-order valence-corrected chi connectivity index (χ0v) is 10.5. The molecule has 2 nitrogen and oxygen atoms in total. The first kappa shape index (κ1) is 11.0. The molecule has 3 aliphatic rings. The largest absolute Gasteiger partial charge is 0.314 e. The first-order valence-electron chi connectivity index (χ1n) is 7.35. The zero-order chi connectivity index (χ0) is 10.8. The molecule has 92 valence electrons. The average molecular weight is 222 g/mol. The van der Waals surface area contributed by atoms with Gasteiger partial charge < -0.3 is 5.32 Å². The van der Waals surface area contributed by atoms with Gasteiger partial charge in [0.15, 0.2) is 0 Å². The van der Waals surface area contributed by atoms with E-state index in [2.05, 4.69) is 10.2 Å². The molecule has 1 spiro atoms. The van der Waals surface area contributed by atoms with Crippen LogP contribution in [0.15, 0.2) is 0 Å². The van der Waals surface area contributed by atoms with Gasteiger partial charge in [-0.2, -0.15) is 0 Å². The SMILES string of the molecule is C1CCC(CN2CCNCC23CCCC3)C1. The highest BCUT2D eigenvalue weighted by Crippen LogP contribution is 2.38. The van der Waals surface area contributed by atoms with Gasteiger partial charge in [0.25, 0.3) is 0 Å². The standard InChI is InChI=1S/C14H26N2/c1-2-6-13(5-1)11-16-10-9-15-12-14(16)7-3-4-8-14/h13,15H,1-12H2. The van der Waals surface area contributed by atoms with Gasteiger partial charge in [-0.1, -0.05) is 25.7 Å². The molecule has 1 saturated heterocycles. The van der Waals surface area contributed by atoms with Crippen LogP contribution in [-0.4, -0.2) is 36.6 Å². The van der Waals surface area contributed by atoms with Gasteiger partial charge in [-0.25, -0.2) is 0 Å². The van der Waals surface area contributed by atoms with Gasteiger partial charge in [0.1, 0.15) is 0 Å². The summed E-state index contributed by atoms with van der Waals surface area (Å²) < 4.78 is 0. The van der Waals surface area contributed by atoms with Gasteiger partial charge in [0.05, 0.1) is 0 Å². The van der Waals surface area contributed by atoms with Gasteiger partial charge in [0, 0.05) is 31.7 Å². The Morgan fingerprint density at radius 1 is 1.06 bits per heavy atom. The molecule has 0 aromatic rings. The second-order valence-corrected chi connectivity index (χ2v) is 6.20. The topological polar surface area (TPSA) is 15.3 Å². The summed E-state index contributed by atoms with van der Waals surface area (Å²) in [6, 6.07) is 0. The third kappa shape index (κ3) is 2.02. The fourth-order valence-electron chi connectivity index (χ4n) is 4.20. The summed E-state index contributed by atoms with van der Waals surface area (Å²) in [6.07, 6.45) is 11.8. The predicted octanol–water partition coefficient (Wildman–Crippen LogP) is 2.39. The second-order valence-electron chi connectivity index (χ2n) is 6.20. The molecular weight excluding hydrogens is 196 g/mol. The number of rotatable bonds is 2.